The van der Waals surface area contributed by atoms with Crippen molar-refractivity contribution in [2.75, 3.05) is 0 Å². The second-order valence-electron chi connectivity index (χ2n) is 10.1. The van der Waals surface area contributed by atoms with E-state index in [0.29, 0.717) is 5.56 Å². The molecule has 2 N–H and O–H groups in total. The number of aryl methyl sites for hydroxylation is 3. The first-order valence-corrected chi connectivity index (χ1v) is 12.4. The molecule has 2 heterocycles. The number of nitrogens with zero attached hydrogens (tertiary/aromatic N) is 4. The molecule has 2 aromatic heterocycles. The van der Waals surface area contributed by atoms with E-state index >= 15 is 0 Å². The van der Waals surface area contributed by atoms with Crippen molar-refractivity contribution in [1.82, 2.24) is 24.2 Å². The van der Waals surface area contributed by atoms with E-state index in [1.54, 1.807) is 40.7 Å². The SMILES string of the molecule is Cc1cccc(C2(NC(=O)c3cc(Cn4ccn(C)c4=N)cc(-c4cn(C)nc4C(F)(F)F)c3)CCC2)c1. The molecule has 1 saturated carbocycles. The van der Waals surface area contributed by atoms with E-state index in [9.17, 15) is 18.0 Å². The first kappa shape index (κ1) is 25.6. The summed E-state index contributed by atoms with van der Waals surface area (Å²) in [5, 5.41) is 15.1. The molecule has 0 saturated heterocycles. The Morgan fingerprint density at radius 1 is 1.13 bits per heavy atom. The third kappa shape index (κ3) is 4.78. The number of carbonyl (C=O) groups is 1. The Morgan fingerprint density at radius 3 is 2.50 bits per heavy atom. The molecule has 198 valence electrons. The van der Waals surface area contributed by atoms with Crippen LogP contribution in [0, 0.1) is 12.3 Å². The van der Waals surface area contributed by atoms with E-state index in [-0.39, 0.29) is 34.8 Å². The van der Waals surface area contributed by atoms with Crippen LogP contribution >= 0.6 is 0 Å². The maximum Gasteiger partial charge on any atom is 0.435 e. The molecule has 1 aliphatic carbocycles. The van der Waals surface area contributed by atoms with Crippen LogP contribution in [0.1, 0.15) is 52.0 Å². The molecule has 7 nitrogen and oxygen atoms in total. The molecule has 10 heteroatoms. The van der Waals surface area contributed by atoms with Crippen LogP contribution < -0.4 is 10.9 Å². The Morgan fingerprint density at radius 2 is 1.89 bits per heavy atom. The highest BCUT2D eigenvalue weighted by molar-refractivity contribution is 5.96. The predicted molar refractivity (Wildman–Crippen MR) is 136 cm³/mol. The van der Waals surface area contributed by atoms with Crippen LogP contribution in [0.4, 0.5) is 13.2 Å². The van der Waals surface area contributed by atoms with Gasteiger partial charge in [0.25, 0.3) is 5.91 Å². The molecule has 1 aliphatic rings. The fraction of sp³-hybridized carbons (Fsp3) is 0.321. The van der Waals surface area contributed by atoms with Crippen molar-refractivity contribution < 1.29 is 18.0 Å². The number of alkyl halides is 3. The lowest BCUT2D eigenvalue weighted by Gasteiger charge is -2.43. The molecule has 0 atom stereocenters. The standard InChI is InChI=1S/C28H29F3N6O/c1-18-6-4-7-22(12-18)27(8-5-9-27)33-25(38)21-14-19(16-37-11-10-35(2)26(37)32)13-20(15-21)23-17-36(3)34-24(23)28(29,30)31/h4,6-7,10-15,17,32H,5,8-9,16H2,1-3H3,(H,33,38). The maximum absolute atomic E-state index is 13.8. The van der Waals surface area contributed by atoms with Gasteiger partial charge in [0.2, 0.25) is 5.62 Å². The Balaban J connectivity index is 1.58. The van der Waals surface area contributed by atoms with E-state index in [2.05, 4.69) is 16.5 Å². The minimum Gasteiger partial charge on any atom is -0.343 e. The highest BCUT2D eigenvalue weighted by atomic mass is 19.4. The summed E-state index contributed by atoms with van der Waals surface area (Å²) in [4.78, 5) is 13.7. The molecule has 38 heavy (non-hydrogen) atoms. The molecule has 0 bridgehead atoms. The molecule has 0 unspecified atom stereocenters. The molecular weight excluding hydrogens is 493 g/mol. The Hall–Kier alpha value is -4.08. The monoisotopic (exact) mass is 522 g/mol. The van der Waals surface area contributed by atoms with Gasteiger partial charge in [0.1, 0.15) is 0 Å². The molecule has 5 rings (SSSR count). The minimum absolute atomic E-state index is 0.0999. The zero-order valence-electron chi connectivity index (χ0n) is 21.4. The summed E-state index contributed by atoms with van der Waals surface area (Å²) < 4.78 is 45.9. The van der Waals surface area contributed by atoms with E-state index in [1.165, 1.54) is 19.3 Å². The van der Waals surface area contributed by atoms with Crippen molar-refractivity contribution >= 4 is 5.91 Å². The lowest BCUT2D eigenvalue weighted by Crippen LogP contribution is -2.50. The summed E-state index contributed by atoms with van der Waals surface area (Å²) in [5.74, 6) is -0.351. The van der Waals surface area contributed by atoms with Crippen LogP contribution in [0.15, 0.2) is 61.1 Å². The number of imidazole rings is 1. The highest BCUT2D eigenvalue weighted by Crippen LogP contribution is 2.42. The summed E-state index contributed by atoms with van der Waals surface area (Å²) in [6.45, 7) is 2.22. The van der Waals surface area contributed by atoms with Crippen LogP contribution in [0.5, 0.6) is 0 Å². The summed E-state index contributed by atoms with van der Waals surface area (Å²) >= 11 is 0. The zero-order chi connectivity index (χ0) is 27.2. The number of hydrogen-bond acceptors (Lipinski definition) is 3. The number of carbonyl (C=O) groups excluding carboxylic acids is 1. The van der Waals surface area contributed by atoms with Gasteiger partial charge in [0.15, 0.2) is 5.69 Å². The van der Waals surface area contributed by atoms with Gasteiger partial charge in [-0.1, -0.05) is 29.8 Å². The van der Waals surface area contributed by atoms with E-state index < -0.39 is 17.4 Å². The second kappa shape index (κ2) is 9.34. The minimum atomic E-state index is -4.65. The lowest BCUT2D eigenvalue weighted by atomic mass is 9.71. The van der Waals surface area contributed by atoms with Crippen molar-refractivity contribution in [3.8, 4) is 11.1 Å². The van der Waals surface area contributed by atoms with Crippen LogP contribution in [0.3, 0.4) is 0 Å². The van der Waals surface area contributed by atoms with E-state index in [1.807, 2.05) is 25.1 Å². The molecule has 4 aromatic rings. The Kier molecular flexibility index (Phi) is 6.28. The van der Waals surface area contributed by atoms with Crippen molar-refractivity contribution in [2.45, 2.75) is 44.4 Å². The van der Waals surface area contributed by atoms with Crippen LogP contribution in [0.25, 0.3) is 11.1 Å². The van der Waals surface area contributed by atoms with Gasteiger partial charge in [0, 0.05) is 43.8 Å². The quantitative estimate of drug-likeness (QED) is 0.378. The number of halogens is 3. The van der Waals surface area contributed by atoms with Crippen molar-refractivity contribution in [2.24, 2.45) is 14.1 Å². The Bertz CT molecular complexity index is 1570. The number of rotatable bonds is 6. The van der Waals surface area contributed by atoms with Crippen molar-refractivity contribution in [3.05, 3.63) is 94.6 Å². The van der Waals surface area contributed by atoms with Gasteiger partial charge < -0.3 is 14.5 Å². The summed E-state index contributed by atoms with van der Waals surface area (Å²) in [6.07, 6.45) is 2.66. The smallest absolute Gasteiger partial charge is 0.343 e. The summed E-state index contributed by atoms with van der Waals surface area (Å²) in [6, 6.07) is 12.8. The van der Waals surface area contributed by atoms with Crippen LogP contribution in [-0.4, -0.2) is 24.8 Å². The third-order valence-corrected chi connectivity index (χ3v) is 7.22. The predicted octanol–water partition coefficient (Wildman–Crippen LogP) is 4.89. The van der Waals surface area contributed by atoms with Gasteiger partial charge in [-0.3, -0.25) is 14.9 Å². The van der Waals surface area contributed by atoms with E-state index in [4.69, 9.17) is 5.41 Å². The Labute approximate surface area is 218 Å². The number of nitrogens with one attached hydrogen (secondary N) is 2. The van der Waals surface area contributed by atoms with Crippen molar-refractivity contribution in [3.63, 3.8) is 0 Å². The molecular formula is C28H29F3N6O. The average molecular weight is 523 g/mol. The van der Waals surface area contributed by atoms with Crippen LogP contribution in [-0.2, 0) is 32.4 Å². The fourth-order valence-corrected chi connectivity index (χ4v) is 5.08. The van der Waals surface area contributed by atoms with Gasteiger partial charge in [-0.15, -0.1) is 0 Å². The second-order valence-corrected chi connectivity index (χ2v) is 10.1. The molecule has 2 aromatic carbocycles. The molecule has 0 radical (unpaired) electrons. The van der Waals surface area contributed by atoms with Gasteiger partial charge in [0.05, 0.1) is 12.1 Å². The topological polar surface area (TPSA) is 80.6 Å². The number of hydrogen-bond donors (Lipinski definition) is 2. The van der Waals surface area contributed by atoms with Crippen molar-refractivity contribution in [1.29, 1.82) is 5.41 Å². The maximum atomic E-state index is 13.8. The van der Waals surface area contributed by atoms with Gasteiger partial charge >= 0.3 is 6.18 Å². The third-order valence-electron chi connectivity index (χ3n) is 7.22. The normalized spacial score (nSPS) is 14.8. The highest BCUT2D eigenvalue weighted by Gasteiger charge is 2.41. The summed E-state index contributed by atoms with van der Waals surface area (Å²) in [7, 11) is 3.17. The molecule has 1 fully saturated rings. The number of benzene rings is 2. The van der Waals surface area contributed by atoms with Crippen LogP contribution in [0.2, 0.25) is 0 Å². The average Bonchev–Trinajstić information content (AvgIpc) is 3.38. The van der Waals surface area contributed by atoms with Gasteiger partial charge in [-0.25, -0.2) is 0 Å². The number of amides is 1. The van der Waals surface area contributed by atoms with E-state index in [0.717, 1.165) is 35.1 Å². The number of aromatic nitrogens is 4. The van der Waals surface area contributed by atoms with Gasteiger partial charge in [-0.2, -0.15) is 18.3 Å². The summed E-state index contributed by atoms with van der Waals surface area (Å²) in [5.41, 5.74) is 1.84. The molecule has 0 spiro atoms. The first-order valence-electron chi connectivity index (χ1n) is 12.4. The fourth-order valence-electron chi connectivity index (χ4n) is 5.08. The first-order chi connectivity index (χ1) is 17.9. The van der Waals surface area contributed by atoms with Gasteiger partial charge in [-0.05, 0) is 61.1 Å². The zero-order valence-corrected chi connectivity index (χ0v) is 21.4. The largest absolute Gasteiger partial charge is 0.435 e. The molecule has 1 amide bonds. The lowest BCUT2D eigenvalue weighted by molar-refractivity contribution is -0.140. The molecule has 0 aliphatic heterocycles.